The van der Waals surface area contributed by atoms with Crippen molar-refractivity contribution in [2.45, 2.75) is 26.3 Å². The number of aryl methyl sites for hydroxylation is 2. The Labute approximate surface area is 121 Å². The first-order chi connectivity index (χ1) is 9.47. The van der Waals surface area contributed by atoms with E-state index in [0.717, 1.165) is 31.7 Å². The maximum atomic E-state index is 11.6. The SMILES string of the molecule is Cc1ccc(C)c(CC(C(=O)O)N2CCN(C)CC2)c1. The number of piperazine rings is 1. The van der Waals surface area contributed by atoms with Crippen molar-refractivity contribution in [1.29, 1.82) is 0 Å². The van der Waals surface area contributed by atoms with E-state index in [0.29, 0.717) is 6.42 Å². The molecule has 1 aliphatic rings. The number of likely N-dealkylation sites (N-methyl/N-ethyl adjacent to an activating group) is 1. The molecule has 0 radical (unpaired) electrons. The molecule has 110 valence electrons. The van der Waals surface area contributed by atoms with E-state index in [1.165, 1.54) is 11.1 Å². The predicted octanol–water partition coefficient (Wildman–Crippen LogP) is 1.55. The fraction of sp³-hybridized carbons (Fsp3) is 0.562. The summed E-state index contributed by atoms with van der Waals surface area (Å²) >= 11 is 0. The molecule has 0 bridgehead atoms. The normalized spacial score (nSPS) is 18.9. The number of nitrogens with zero attached hydrogens (tertiary/aromatic N) is 2. The van der Waals surface area contributed by atoms with Gasteiger partial charge in [0.1, 0.15) is 6.04 Å². The summed E-state index contributed by atoms with van der Waals surface area (Å²) in [6.45, 7) is 7.65. The lowest BCUT2D eigenvalue weighted by Gasteiger charge is -2.36. The van der Waals surface area contributed by atoms with Crippen molar-refractivity contribution < 1.29 is 9.90 Å². The number of hydrogen-bond acceptors (Lipinski definition) is 3. The first kappa shape index (κ1) is 15.0. The van der Waals surface area contributed by atoms with Gasteiger partial charge in [-0.15, -0.1) is 0 Å². The summed E-state index contributed by atoms with van der Waals surface area (Å²) in [4.78, 5) is 16.0. The molecule has 1 unspecified atom stereocenters. The minimum atomic E-state index is -0.713. The Bertz CT molecular complexity index is 479. The van der Waals surface area contributed by atoms with Crippen LogP contribution in [-0.2, 0) is 11.2 Å². The topological polar surface area (TPSA) is 43.8 Å². The molecule has 1 N–H and O–H groups in total. The average molecular weight is 276 g/mol. The van der Waals surface area contributed by atoms with Gasteiger partial charge in [0.15, 0.2) is 0 Å². The van der Waals surface area contributed by atoms with Crippen LogP contribution in [0.4, 0.5) is 0 Å². The van der Waals surface area contributed by atoms with Gasteiger partial charge in [-0.05, 0) is 38.4 Å². The number of carboxylic acids is 1. The van der Waals surface area contributed by atoms with Crippen LogP contribution in [0, 0.1) is 13.8 Å². The molecule has 0 amide bonds. The van der Waals surface area contributed by atoms with Crippen LogP contribution >= 0.6 is 0 Å². The molecule has 4 nitrogen and oxygen atoms in total. The zero-order valence-corrected chi connectivity index (χ0v) is 12.6. The molecule has 20 heavy (non-hydrogen) atoms. The third kappa shape index (κ3) is 3.58. The second-order valence-electron chi connectivity index (χ2n) is 5.83. The first-order valence-corrected chi connectivity index (χ1v) is 7.19. The van der Waals surface area contributed by atoms with E-state index in [2.05, 4.69) is 48.9 Å². The fourth-order valence-electron chi connectivity index (χ4n) is 2.73. The molecular formula is C16H24N2O2. The standard InChI is InChI=1S/C16H24N2O2/c1-12-4-5-13(2)14(10-12)11-15(16(19)20)18-8-6-17(3)7-9-18/h4-5,10,15H,6-9,11H2,1-3H3,(H,19,20). The Morgan fingerprint density at radius 2 is 1.90 bits per heavy atom. The van der Waals surface area contributed by atoms with Gasteiger partial charge in [0.05, 0.1) is 0 Å². The van der Waals surface area contributed by atoms with Crippen molar-refractivity contribution in [1.82, 2.24) is 9.80 Å². The molecule has 0 spiro atoms. The van der Waals surface area contributed by atoms with Crippen molar-refractivity contribution >= 4 is 5.97 Å². The molecule has 1 aromatic rings. The minimum absolute atomic E-state index is 0.413. The molecule has 0 aliphatic carbocycles. The van der Waals surface area contributed by atoms with E-state index in [1.54, 1.807) is 0 Å². The van der Waals surface area contributed by atoms with Gasteiger partial charge in [0.25, 0.3) is 0 Å². The Balaban J connectivity index is 2.13. The van der Waals surface area contributed by atoms with E-state index in [1.807, 2.05) is 0 Å². The third-order valence-corrected chi connectivity index (χ3v) is 4.18. The van der Waals surface area contributed by atoms with Crippen LogP contribution < -0.4 is 0 Å². The number of aliphatic carboxylic acids is 1. The maximum absolute atomic E-state index is 11.6. The summed E-state index contributed by atoms with van der Waals surface area (Å²) in [5.74, 6) is -0.713. The molecular weight excluding hydrogens is 252 g/mol. The lowest BCUT2D eigenvalue weighted by atomic mass is 9.98. The van der Waals surface area contributed by atoms with Gasteiger partial charge in [0.2, 0.25) is 0 Å². The van der Waals surface area contributed by atoms with Crippen LogP contribution in [0.5, 0.6) is 0 Å². The molecule has 1 atom stereocenters. The highest BCUT2D eigenvalue weighted by atomic mass is 16.4. The van der Waals surface area contributed by atoms with Crippen molar-refractivity contribution in [3.05, 3.63) is 34.9 Å². The summed E-state index contributed by atoms with van der Waals surface area (Å²) < 4.78 is 0. The lowest BCUT2D eigenvalue weighted by molar-refractivity contribution is -0.144. The number of carboxylic acid groups (broad SMARTS) is 1. The number of hydrogen-bond donors (Lipinski definition) is 1. The largest absolute Gasteiger partial charge is 0.480 e. The number of benzene rings is 1. The van der Waals surface area contributed by atoms with Gasteiger partial charge in [-0.25, -0.2) is 0 Å². The van der Waals surface area contributed by atoms with Crippen LogP contribution in [0.1, 0.15) is 16.7 Å². The smallest absolute Gasteiger partial charge is 0.321 e. The van der Waals surface area contributed by atoms with Crippen LogP contribution in [0.2, 0.25) is 0 Å². The van der Waals surface area contributed by atoms with Crippen LogP contribution in [0.3, 0.4) is 0 Å². The van der Waals surface area contributed by atoms with Crippen molar-refractivity contribution in [2.75, 3.05) is 33.2 Å². The van der Waals surface area contributed by atoms with Crippen LogP contribution in [-0.4, -0.2) is 60.1 Å². The maximum Gasteiger partial charge on any atom is 0.321 e. The number of carbonyl (C=O) groups is 1. The van der Waals surface area contributed by atoms with E-state index < -0.39 is 12.0 Å². The monoisotopic (exact) mass is 276 g/mol. The highest BCUT2D eigenvalue weighted by molar-refractivity contribution is 5.74. The third-order valence-electron chi connectivity index (χ3n) is 4.18. The van der Waals surface area contributed by atoms with E-state index in [4.69, 9.17) is 0 Å². The fourth-order valence-corrected chi connectivity index (χ4v) is 2.73. The second-order valence-corrected chi connectivity index (χ2v) is 5.83. The molecule has 1 fully saturated rings. The van der Waals surface area contributed by atoms with Gasteiger partial charge in [-0.2, -0.15) is 0 Å². The van der Waals surface area contributed by atoms with Crippen LogP contribution in [0.15, 0.2) is 18.2 Å². The molecule has 0 aromatic heterocycles. The summed E-state index contributed by atoms with van der Waals surface area (Å²) in [6.07, 6.45) is 0.590. The number of rotatable bonds is 4. The Hall–Kier alpha value is -1.39. The molecule has 1 heterocycles. The average Bonchev–Trinajstić information content (AvgIpc) is 2.40. The Morgan fingerprint density at radius 1 is 1.25 bits per heavy atom. The Kier molecular flexibility index (Phi) is 4.78. The molecule has 1 aromatic carbocycles. The summed E-state index contributed by atoms with van der Waals surface area (Å²) in [7, 11) is 2.08. The minimum Gasteiger partial charge on any atom is -0.480 e. The zero-order chi connectivity index (χ0) is 14.7. The highest BCUT2D eigenvalue weighted by Crippen LogP contribution is 2.17. The first-order valence-electron chi connectivity index (χ1n) is 7.19. The summed E-state index contributed by atoms with van der Waals surface area (Å²) in [5, 5.41) is 9.56. The lowest BCUT2D eigenvalue weighted by Crippen LogP contribution is -2.52. The predicted molar refractivity (Wildman–Crippen MR) is 80.1 cm³/mol. The van der Waals surface area contributed by atoms with Crippen molar-refractivity contribution in [2.24, 2.45) is 0 Å². The van der Waals surface area contributed by atoms with Gasteiger partial charge in [-0.1, -0.05) is 23.8 Å². The molecule has 0 saturated carbocycles. The molecule has 4 heteroatoms. The van der Waals surface area contributed by atoms with Gasteiger partial charge in [-0.3, -0.25) is 9.69 Å². The van der Waals surface area contributed by atoms with E-state index in [-0.39, 0.29) is 0 Å². The van der Waals surface area contributed by atoms with E-state index >= 15 is 0 Å². The quantitative estimate of drug-likeness (QED) is 0.906. The molecule has 1 aliphatic heterocycles. The molecule has 2 rings (SSSR count). The van der Waals surface area contributed by atoms with Gasteiger partial charge >= 0.3 is 5.97 Å². The van der Waals surface area contributed by atoms with Crippen molar-refractivity contribution in [3.8, 4) is 0 Å². The second kappa shape index (κ2) is 6.37. The van der Waals surface area contributed by atoms with Crippen LogP contribution in [0.25, 0.3) is 0 Å². The zero-order valence-electron chi connectivity index (χ0n) is 12.6. The van der Waals surface area contributed by atoms with Crippen molar-refractivity contribution in [3.63, 3.8) is 0 Å². The highest BCUT2D eigenvalue weighted by Gasteiger charge is 2.28. The van der Waals surface area contributed by atoms with E-state index in [9.17, 15) is 9.90 Å². The molecule has 1 saturated heterocycles. The summed E-state index contributed by atoms with van der Waals surface area (Å²) in [6, 6.07) is 5.85. The van der Waals surface area contributed by atoms with Gasteiger partial charge in [0, 0.05) is 26.2 Å². The van der Waals surface area contributed by atoms with Gasteiger partial charge < -0.3 is 10.0 Å². The summed E-state index contributed by atoms with van der Waals surface area (Å²) in [5.41, 5.74) is 3.51. The Morgan fingerprint density at radius 3 is 2.50 bits per heavy atom.